The first-order valence-electron chi connectivity index (χ1n) is 6.06. The van der Waals surface area contributed by atoms with Crippen molar-refractivity contribution in [2.75, 3.05) is 0 Å². The minimum Gasteiger partial charge on any atom is -0.353 e. The minimum absolute atomic E-state index is 0.0383. The van der Waals surface area contributed by atoms with Gasteiger partial charge in [0, 0.05) is 11.4 Å². The summed E-state index contributed by atoms with van der Waals surface area (Å²) in [6, 6.07) is 9.89. The Morgan fingerprint density at radius 3 is 2.94 bits per heavy atom. The third-order valence-corrected chi connectivity index (χ3v) is 3.32. The summed E-state index contributed by atoms with van der Waals surface area (Å²) in [6.45, 7) is 0. The number of fused-ring (bicyclic) bond motifs is 1. The quantitative estimate of drug-likeness (QED) is 0.922. The Morgan fingerprint density at radius 2 is 2.17 bits per heavy atom. The molecule has 18 heavy (non-hydrogen) atoms. The molecule has 1 fully saturated rings. The number of nitrogens with zero attached hydrogens (tertiary/aromatic N) is 1. The number of para-hydroxylation sites is 1. The maximum Gasteiger partial charge on any atom is 0.226 e. The summed E-state index contributed by atoms with van der Waals surface area (Å²) in [7, 11) is 0. The van der Waals surface area contributed by atoms with Gasteiger partial charge in [0.2, 0.25) is 5.91 Å². The smallest absolute Gasteiger partial charge is 0.226 e. The van der Waals surface area contributed by atoms with Gasteiger partial charge in [0.05, 0.1) is 22.7 Å². The summed E-state index contributed by atoms with van der Waals surface area (Å²) >= 11 is 6.10. The molecule has 1 heterocycles. The first-order valence-corrected chi connectivity index (χ1v) is 6.44. The highest BCUT2D eigenvalue weighted by Crippen LogP contribution is 2.22. The topological polar surface area (TPSA) is 42.0 Å². The van der Waals surface area contributed by atoms with Gasteiger partial charge in [-0.25, -0.2) is 0 Å². The summed E-state index contributed by atoms with van der Waals surface area (Å²) in [5.41, 5.74) is 1.52. The minimum atomic E-state index is 0.0383. The standard InChI is InChI=1S/C14H13ClN2O/c15-12-3-1-2-9-4-5-11(17-14(9)12)8-13(18)16-10-6-7-10/h1-5,10H,6-8H2,(H,16,18). The average Bonchev–Trinajstić information content (AvgIpc) is 3.14. The summed E-state index contributed by atoms with van der Waals surface area (Å²) in [6.07, 6.45) is 2.52. The van der Waals surface area contributed by atoms with Crippen molar-refractivity contribution in [1.82, 2.24) is 10.3 Å². The normalized spacial score (nSPS) is 14.7. The fraction of sp³-hybridized carbons (Fsp3) is 0.286. The van der Waals surface area contributed by atoms with E-state index in [0.29, 0.717) is 17.5 Å². The van der Waals surface area contributed by atoms with Crippen molar-refractivity contribution in [2.45, 2.75) is 25.3 Å². The van der Waals surface area contributed by atoms with Crippen molar-refractivity contribution in [3.63, 3.8) is 0 Å². The number of aromatic nitrogens is 1. The van der Waals surface area contributed by atoms with Crippen LogP contribution in [0.2, 0.25) is 5.02 Å². The Morgan fingerprint density at radius 1 is 1.33 bits per heavy atom. The number of hydrogen-bond donors (Lipinski definition) is 1. The van der Waals surface area contributed by atoms with Gasteiger partial charge in [-0.3, -0.25) is 9.78 Å². The van der Waals surface area contributed by atoms with Gasteiger partial charge in [0.1, 0.15) is 0 Å². The molecular weight excluding hydrogens is 248 g/mol. The molecular formula is C14H13ClN2O. The lowest BCUT2D eigenvalue weighted by atomic mass is 10.2. The van der Waals surface area contributed by atoms with Gasteiger partial charge in [-0.2, -0.15) is 0 Å². The number of benzene rings is 1. The Bertz CT molecular complexity index is 608. The Labute approximate surface area is 110 Å². The SMILES string of the molecule is O=C(Cc1ccc2cccc(Cl)c2n1)NC1CC1. The molecule has 1 aliphatic carbocycles. The molecule has 0 unspecified atom stereocenters. The van der Waals surface area contributed by atoms with E-state index in [4.69, 9.17) is 11.6 Å². The van der Waals surface area contributed by atoms with E-state index in [1.807, 2.05) is 30.3 Å². The van der Waals surface area contributed by atoms with Gasteiger partial charge in [-0.05, 0) is 25.0 Å². The third-order valence-electron chi connectivity index (χ3n) is 3.01. The first kappa shape index (κ1) is 11.5. The molecule has 3 nitrogen and oxygen atoms in total. The fourth-order valence-electron chi connectivity index (χ4n) is 1.92. The Hall–Kier alpha value is -1.61. The van der Waals surface area contributed by atoms with Crippen molar-refractivity contribution in [3.05, 3.63) is 41.0 Å². The van der Waals surface area contributed by atoms with Crippen LogP contribution in [-0.2, 0) is 11.2 Å². The maximum absolute atomic E-state index is 11.7. The molecule has 3 rings (SSSR count). The van der Waals surface area contributed by atoms with E-state index in [0.717, 1.165) is 29.4 Å². The molecule has 1 aromatic carbocycles. The van der Waals surface area contributed by atoms with Crippen LogP contribution in [0.5, 0.6) is 0 Å². The number of nitrogens with one attached hydrogen (secondary N) is 1. The molecule has 1 amide bonds. The van der Waals surface area contributed by atoms with Crippen LogP contribution >= 0.6 is 11.6 Å². The van der Waals surface area contributed by atoms with Crippen LogP contribution in [-0.4, -0.2) is 16.9 Å². The van der Waals surface area contributed by atoms with E-state index in [2.05, 4.69) is 10.3 Å². The van der Waals surface area contributed by atoms with Gasteiger partial charge in [0.25, 0.3) is 0 Å². The van der Waals surface area contributed by atoms with Crippen molar-refractivity contribution in [2.24, 2.45) is 0 Å². The largest absolute Gasteiger partial charge is 0.353 e. The second-order valence-electron chi connectivity index (χ2n) is 4.63. The van der Waals surface area contributed by atoms with E-state index >= 15 is 0 Å². The van der Waals surface area contributed by atoms with Crippen LogP contribution in [0.4, 0.5) is 0 Å². The molecule has 2 aromatic rings. The van der Waals surface area contributed by atoms with E-state index in [1.54, 1.807) is 0 Å². The zero-order valence-electron chi connectivity index (χ0n) is 9.82. The molecule has 1 saturated carbocycles. The molecule has 0 aliphatic heterocycles. The molecule has 0 spiro atoms. The molecule has 4 heteroatoms. The molecule has 0 saturated heterocycles. The lowest BCUT2D eigenvalue weighted by Gasteiger charge is -2.05. The molecule has 92 valence electrons. The molecule has 0 bridgehead atoms. The van der Waals surface area contributed by atoms with Crippen molar-refractivity contribution < 1.29 is 4.79 Å². The second-order valence-corrected chi connectivity index (χ2v) is 5.04. The molecule has 0 atom stereocenters. The first-order chi connectivity index (χ1) is 8.72. The number of carbonyl (C=O) groups is 1. The van der Waals surface area contributed by atoms with Crippen molar-refractivity contribution in [3.8, 4) is 0 Å². The lowest BCUT2D eigenvalue weighted by Crippen LogP contribution is -2.27. The van der Waals surface area contributed by atoms with Crippen LogP contribution in [0, 0.1) is 0 Å². The summed E-state index contributed by atoms with van der Waals surface area (Å²) in [5, 5.41) is 4.57. The van der Waals surface area contributed by atoms with E-state index in [1.165, 1.54) is 0 Å². The molecule has 1 aromatic heterocycles. The predicted octanol–water partition coefficient (Wildman–Crippen LogP) is 2.71. The number of halogens is 1. The summed E-state index contributed by atoms with van der Waals surface area (Å²) in [4.78, 5) is 16.1. The second kappa shape index (κ2) is 4.58. The number of pyridine rings is 1. The lowest BCUT2D eigenvalue weighted by molar-refractivity contribution is -0.120. The van der Waals surface area contributed by atoms with Gasteiger partial charge in [-0.15, -0.1) is 0 Å². The number of carbonyl (C=O) groups excluding carboxylic acids is 1. The fourth-order valence-corrected chi connectivity index (χ4v) is 2.14. The van der Waals surface area contributed by atoms with Crippen molar-refractivity contribution >= 4 is 28.4 Å². The van der Waals surface area contributed by atoms with Crippen LogP contribution < -0.4 is 5.32 Å². The molecule has 1 aliphatic rings. The van der Waals surface area contributed by atoms with Gasteiger partial charge in [-0.1, -0.05) is 29.8 Å². The van der Waals surface area contributed by atoms with E-state index in [9.17, 15) is 4.79 Å². The Kier molecular flexibility index (Phi) is 2.92. The number of amides is 1. The van der Waals surface area contributed by atoms with E-state index < -0.39 is 0 Å². The zero-order valence-corrected chi connectivity index (χ0v) is 10.6. The van der Waals surface area contributed by atoms with Gasteiger partial charge in [0.15, 0.2) is 0 Å². The van der Waals surface area contributed by atoms with Gasteiger partial charge < -0.3 is 5.32 Å². The van der Waals surface area contributed by atoms with Crippen LogP contribution in [0.25, 0.3) is 10.9 Å². The predicted molar refractivity (Wildman–Crippen MR) is 71.6 cm³/mol. The highest BCUT2D eigenvalue weighted by molar-refractivity contribution is 6.35. The Balaban J connectivity index is 1.83. The zero-order chi connectivity index (χ0) is 12.5. The number of hydrogen-bond acceptors (Lipinski definition) is 2. The van der Waals surface area contributed by atoms with Gasteiger partial charge >= 0.3 is 0 Å². The molecule has 0 radical (unpaired) electrons. The monoisotopic (exact) mass is 260 g/mol. The van der Waals surface area contributed by atoms with Crippen LogP contribution in [0.3, 0.4) is 0 Å². The van der Waals surface area contributed by atoms with Crippen LogP contribution in [0.15, 0.2) is 30.3 Å². The number of rotatable bonds is 3. The highest BCUT2D eigenvalue weighted by atomic mass is 35.5. The van der Waals surface area contributed by atoms with E-state index in [-0.39, 0.29) is 5.91 Å². The molecule has 1 N–H and O–H groups in total. The summed E-state index contributed by atoms with van der Waals surface area (Å²) < 4.78 is 0. The third kappa shape index (κ3) is 2.46. The summed E-state index contributed by atoms with van der Waals surface area (Å²) in [5.74, 6) is 0.0383. The maximum atomic E-state index is 11.7. The highest BCUT2D eigenvalue weighted by Gasteiger charge is 2.23. The van der Waals surface area contributed by atoms with Crippen LogP contribution in [0.1, 0.15) is 18.5 Å². The average molecular weight is 261 g/mol. The van der Waals surface area contributed by atoms with Crippen molar-refractivity contribution in [1.29, 1.82) is 0 Å².